The van der Waals surface area contributed by atoms with E-state index in [1.54, 1.807) is 6.92 Å². The number of anilines is 1. The number of carbonyl (C=O) groups is 1. The van der Waals surface area contributed by atoms with Crippen molar-refractivity contribution in [2.24, 2.45) is 0 Å². The van der Waals surface area contributed by atoms with Crippen LogP contribution in [0.3, 0.4) is 0 Å². The van der Waals surface area contributed by atoms with Crippen molar-refractivity contribution in [2.45, 2.75) is 26.3 Å². The van der Waals surface area contributed by atoms with E-state index in [2.05, 4.69) is 14.7 Å². The highest BCUT2D eigenvalue weighted by Gasteiger charge is 2.12. The molecule has 0 bridgehead atoms. The van der Waals surface area contributed by atoms with Crippen molar-refractivity contribution in [3.05, 3.63) is 5.82 Å². The number of nitrogens with one attached hydrogen (secondary N) is 1. The van der Waals surface area contributed by atoms with Crippen molar-refractivity contribution in [2.75, 3.05) is 5.32 Å². The van der Waals surface area contributed by atoms with Crippen molar-refractivity contribution >= 4 is 22.6 Å². The van der Waals surface area contributed by atoms with Gasteiger partial charge in [-0.25, -0.2) is 4.98 Å². The average molecular weight is 201 g/mol. The summed E-state index contributed by atoms with van der Waals surface area (Å²) in [6.45, 7) is 3.52. The fraction of sp³-hybridized carbons (Fsp3) is 0.571. The van der Waals surface area contributed by atoms with E-state index < -0.39 is 12.0 Å². The number of carboxylic acids is 1. The first-order valence-electron chi connectivity index (χ1n) is 3.95. The van der Waals surface area contributed by atoms with E-state index in [-0.39, 0.29) is 0 Å². The zero-order chi connectivity index (χ0) is 9.84. The Bertz CT molecular complexity index is 300. The molecule has 1 aromatic heterocycles. The molecular weight excluding hydrogens is 190 g/mol. The van der Waals surface area contributed by atoms with Crippen molar-refractivity contribution < 1.29 is 9.90 Å². The summed E-state index contributed by atoms with van der Waals surface area (Å²) in [4.78, 5) is 14.6. The van der Waals surface area contributed by atoms with Crippen LogP contribution in [-0.2, 0) is 11.2 Å². The molecule has 0 radical (unpaired) electrons. The summed E-state index contributed by atoms with van der Waals surface area (Å²) in [6.07, 6.45) is 0.764. The van der Waals surface area contributed by atoms with Crippen LogP contribution in [-0.4, -0.2) is 26.5 Å². The lowest BCUT2D eigenvalue weighted by Crippen LogP contribution is -2.25. The standard InChI is InChI=1S/C7H11N3O2S/c1-3-5-9-7(13-10-5)8-4(2)6(11)12/h4H,3H2,1-2H3,(H,11,12)(H,8,9,10). The Morgan fingerprint density at radius 1 is 1.77 bits per heavy atom. The van der Waals surface area contributed by atoms with E-state index in [1.807, 2.05) is 6.92 Å². The Kier molecular flexibility index (Phi) is 3.18. The first kappa shape index (κ1) is 9.91. The van der Waals surface area contributed by atoms with Gasteiger partial charge in [0.15, 0.2) is 0 Å². The fourth-order valence-electron chi connectivity index (χ4n) is 0.703. The SMILES string of the molecule is CCc1nsc(NC(C)C(=O)O)n1. The molecule has 0 saturated carbocycles. The summed E-state index contributed by atoms with van der Waals surface area (Å²) < 4.78 is 4.02. The van der Waals surface area contributed by atoms with Crippen molar-refractivity contribution in [1.82, 2.24) is 9.36 Å². The van der Waals surface area contributed by atoms with Gasteiger partial charge in [0.05, 0.1) is 0 Å². The van der Waals surface area contributed by atoms with Crippen molar-refractivity contribution in [1.29, 1.82) is 0 Å². The second-order valence-corrected chi connectivity index (χ2v) is 3.33. The van der Waals surface area contributed by atoms with Gasteiger partial charge in [-0.2, -0.15) is 4.37 Å². The van der Waals surface area contributed by atoms with E-state index in [0.717, 1.165) is 12.2 Å². The molecule has 2 N–H and O–H groups in total. The highest BCUT2D eigenvalue weighted by molar-refractivity contribution is 7.09. The summed E-state index contributed by atoms with van der Waals surface area (Å²) >= 11 is 1.18. The molecule has 0 fully saturated rings. The molecule has 72 valence electrons. The minimum absolute atomic E-state index is 0.562. The van der Waals surface area contributed by atoms with Crippen LogP contribution in [0, 0.1) is 0 Å². The van der Waals surface area contributed by atoms with Gasteiger partial charge in [0, 0.05) is 18.0 Å². The molecule has 0 aliphatic carbocycles. The molecule has 0 saturated heterocycles. The lowest BCUT2D eigenvalue weighted by atomic mass is 10.4. The average Bonchev–Trinajstić information content (AvgIpc) is 2.52. The topological polar surface area (TPSA) is 75.1 Å². The maximum absolute atomic E-state index is 10.5. The van der Waals surface area contributed by atoms with Crippen LogP contribution in [0.2, 0.25) is 0 Å². The van der Waals surface area contributed by atoms with Crippen molar-refractivity contribution in [3.63, 3.8) is 0 Å². The molecule has 5 nitrogen and oxygen atoms in total. The predicted octanol–water partition coefficient (Wildman–Crippen LogP) is 0.985. The van der Waals surface area contributed by atoms with Gasteiger partial charge in [0.2, 0.25) is 5.13 Å². The minimum Gasteiger partial charge on any atom is -0.480 e. The Hall–Kier alpha value is -1.17. The van der Waals surface area contributed by atoms with Crippen LogP contribution >= 0.6 is 11.5 Å². The molecule has 1 atom stereocenters. The normalized spacial score (nSPS) is 12.5. The maximum atomic E-state index is 10.5. The van der Waals surface area contributed by atoms with Crippen LogP contribution in [0.25, 0.3) is 0 Å². The molecule has 1 unspecified atom stereocenters. The van der Waals surface area contributed by atoms with Gasteiger partial charge >= 0.3 is 5.97 Å². The predicted molar refractivity (Wildman–Crippen MR) is 50.0 cm³/mol. The van der Waals surface area contributed by atoms with Gasteiger partial charge in [0.1, 0.15) is 11.9 Å². The molecule has 0 aliphatic rings. The summed E-state index contributed by atoms with van der Waals surface area (Å²) in [5.41, 5.74) is 0. The molecular formula is C7H11N3O2S. The number of aliphatic carboxylic acids is 1. The van der Waals surface area contributed by atoms with Crippen LogP contribution in [0.15, 0.2) is 0 Å². The molecule has 0 aromatic carbocycles. The van der Waals surface area contributed by atoms with Gasteiger partial charge in [-0.15, -0.1) is 0 Å². The van der Waals surface area contributed by atoms with E-state index in [1.165, 1.54) is 11.5 Å². The third-order valence-electron chi connectivity index (χ3n) is 1.49. The Morgan fingerprint density at radius 3 is 2.92 bits per heavy atom. The lowest BCUT2D eigenvalue weighted by Gasteiger charge is -2.05. The largest absolute Gasteiger partial charge is 0.480 e. The quantitative estimate of drug-likeness (QED) is 0.759. The number of rotatable bonds is 4. The van der Waals surface area contributed by atoms with Crippen LogP contribution in [0.4, 0.5) is 5.13 Å². The Balaban J connectivity index is 2.58. The van der Waals surface area contributed by atoms with Gasteiger partial charge < -0.3 is 10.4 Å². The van der Waals surface area contributed by atoms with Crippen molar-refractivity contribution in [3.8, 4) is 0 Å². The Labute approximate surface area is 80.0 Å². The molecule has 6 heteroatoms. The van der Waals surface area contributed by atoms with E-state index >= 15 is 0 Å². The molecule has 1 rings (SSSR count). The monoisotopic (exact) mass is 201 g/mol. The lowest BCUT2D eigenvalue weighted by molar-refractivity contribution is -0.137. The minimum atomic E-state index is -0.895. The van der Waals surface area contributed by atoms with E-state index in [9.17, 15) is 4.79 Å². The number of hydrogen-bond acceptors (Lipinski definition) is 5. The van der Waals surface area contributed by atoms with Gasteiger partial charge in [-0.1, -0.05) is 6.92 Å². The number of nitrogens with zero attached hydrogens (tertiary/aromatic N) is 2. The smallest absolute Gasteiger partial charge is 0.325 e. The third kappa shape index (κ3) is 2.66. The second kappa shape index (κ2) is 4.18. The van der Waals surface area contributed by atoms with E-state index in [0.29, 0.717) is 5.13 Å². The Morgan fingerprint density at radius 2 is 2.46 bits per heavy atom. The molecule has 13 heavy (non-hydrogen) atoms. The number of hydrogen-bond donors (Lipinski definition) is 2. The molecule has 0 amide bonds. The van der Waals surface area contributed by atoms with Gasteiger partial charge in [-0.05, 0) is 6.92 Å². The van der Waals surface area contributed by atoms with E-state index in [4.69, 9.17) is 5.11 Å². The summed E-state index contributed by atoms with van der Waals surface area (Å²) in [5, 5.41) is 11.9. The number of aromatic nitrogens is 2. The fourth-order valence-corrected chi connectivity index (χ4v) is 1.44. The zero-order valence-electron chi connectivity index (χ0n) is 7.44. The summed E-state index contributed by atoms with van der Waals surface area (Å²) in [6, 6.07) is -0.627. The van der Waals surface area contributed by atoms with Crippen LogP contribution in [0.1, 0.15) is 19.7 Å². The molecule has 0 spiro atoms. The first-order valence-corrected chi connectivity index (χ1v) is 4.72. The van der Waals surface area contributed by atoms with Gasteiger partial charge in [-0.3, -0.25) is 4.79 Å². The zero-order valence-corrected chi connectivity index (χ0v) is 8.26. The molecule has 1 aromatic rings. The van der Waals surface area contributed by atoms with Crippen LogP contribution in [0.5, 0.6) is 0 Å². The molecule has 0 aliphatic heterocycles. The number of aryl methyl sites for hydroxylation is 1. The maximum Gasteiger partial charge on any atom is 0.325 e. The summed E-state index contributed by atoms with van der Waals surface area (Å²) in [5.74, 6) is -0.154. The highest BCUT2D eigenvalue weighted by atomic mass is 32.1. The number of carboxylic acid groups (broad SMARTS) is 1. The van der Waals surface area contributed by atoms with Gasteiger partial charge in [0.25, 0.3) is 0 Å². The first-order chi connectivity index (χ1) is 6.13. The van der Waals surface area contributed by atoms with Crippen LogP contribution < -0.4 is 5.32 Å². The second-order valence-electron chi connectivity index (χ2n) is 2.57. The summed E-state index contributed by atoms with van der Waals surface area (Å²) in [7, 11) is 0. The highest BCUT2D eigenvalue weighted by Crippen LogP contribution is 2.12. The third-order valence-corrected chi connectivity index (χ3v) is 2.18. The molecule has 1 heterocycles.